The molecular weight excluding hydrogens is 519 g/mol. The van der Waals surface area contributed by atoms with E-state index in [1.807, 2.05) is 44.3 Å². The Labute approximate surface area is 239 Å². The highest BCUT2D eigenvalue weighted by atomic mass is 19.1. The van der Waals surface area contributed by atoms with Crippen LogP contribution in [0, 0.1) is 5.82 Å². The summed E-state index contributed by atoms with van der Waals surface area (Å²) in [7, 11) is 2.12. The van der Waals surface area contributed by atoms with Gasteiger partial charge in [0.05, 0.1) is 18.0 Å². The Morgan fingerprint density at radius 3 is 2.59 bits per heavy atom. The van der Waals surface area contributed by atoms with Crippen LogP contribution in [0.4, 0.5) is 10.2 Å². The SMILES string of the molecule is CN1CCCC1c1ccc(NC2=CC(c3ccc(F)c(CC(=O)c4ccc(C(C)(C)CO)cc4)c3)=NCC2=O)nc1. The normalized spacial score (nSPS) is 17.8. The molecule has 1 saturated heterocycles. The quantitative estimate of drug-likeness (QED) is 0.360. The first kappa shape index (κ1) is 28.5. The first-order valence-electron chi connectivity index (χ1n) is 13.9. The van der Waals surface area contributed by atoms with Crippen LogP contribution in [0.1, 0.15) is 65.3 Å². The summed E-state index contributed by atoms with van der Waals surface area (Å²) in [5, 5.41) is 12.7. The lowest BCUT2D eigenvalue weighted by molar-refractivity contribution is -0.114. The fourth-order valence-electron chi connectivity index (χ4n) is 5.27. The number of hydrogen-bond donors (Lipinski definition) is 2. The number of aromatic nitrogens is 1. The van der Waals surface area contributed by atoms with Gasteiger partial charge in [-0.15, -0.1) is 0 Å². The molecule has 1 unspecified atom stereocenters. The number of carbonyl (C=O) groups excluding carboxylic acids is 2. The number of halogens is 1. The number of aliphatic hydroxyl groups is 1. The predicted molar refractivity (Wildman–Crippen MR) is 158 cm³/mol. The molecule has 0 aliphatic carbocycles. The summed E-state index contributed by atoms with van der Waals surface area (Å²) in [5.41, 5.74) is 3.88. The molecular formula is C33H35FN4O3. The van der Waals surface area contributed by atoms with E-state index in [9.17, 15) is 19.1 Å². The molecule has 1 fully saturated rings. The third-order valence-electron chi connectivity index (χ3n) is 8.00. The zero-order valence-electron chi connectivity index (χ0n) is 23.7. The van der Waals surface area contributed by atoms with Gasteiger partial charge in [-0.1, -0.05) is 44.2 Å². The summed E-state index contributed by atoms with van der Waals surface area (Å²) in [6, 6.07) is 15.9. The van der Waals surface area contributed by atoms with Crippen LogP contribution in [0.25, 0.3) is 0 Å². The van der Waals surface area contributed by atoms with Gasteiger partial charge in [-0.2, -0.15) is 0 Å². The van der Waals surface area contributed by atoms with Gasteiger partial charge in [-0.25, -0.2) is 9.37 Å². The molecule has 0 amide bonds. The number of nitrogens with one attached hydrogen (secondary N) is 1. The van der Waals surface area contributed by atoms with E-state index < -0.39 is 11.2 Å². The number of ketones is 2. The highest BCUT2D eigenvalue weighted by Gasteiger charge is 2.24. The van der Waals surface area contributed by atoms with Crippen LogP contribution in [0.2, 0.25) is 0 Å². The van der Waals surface area contributed by atoms with Crippen molar-refractivity contribution in [1.29, 1.82) is 0 Å². The standard InChI is InChI=1S/C33H35FN4O3/c1-33(2,20-39)25-10-6-21(7-11-25)30(40)16-24-15-22(8-12-26(24)34)27-17-28(31(41)19-35-27)37-32-13-9-23(18-36-32)29-5-4-14-38(29)3/h6-13,15,17-18,29,39H,4-5,14,16,19-20H2,1-3H3,(H,36,37). The lowest BCUT2D eigenvalue weighted by Crippen LogP contribution is -2.22. The minimum atomic E-state index is -0.479. The monoisotopic (exact) mass is 554 g/mol. The molecule has 7 nitrogen and oxygen atoms in total. The van der Waals surface area contributed by atoms with Crippen LogP contribution in [-0.4, -0.2) is 59.0 Å². The summed E-state index contributed by atoms with van der Waals surface area (Å²) < 4.78 is 14.8. The van der Waals surface area contributed by atoms with Crippen molar-refractivity contribution in [3.63, 3.8) is 0 Å². The number of aliphatic hydroxyl groups excluding tert-OH is 1. The minimum absolute atomic E-state index is 0.0134. The van der Waals surface area contributed by atoms with Crippen LogP contribution >= 0.6 is 0 Å². The molecule has 1 atom stereocenters. The second-order valence-corrected chi connectivity index (χ2v) is 11.4. The molecule has 0 spiro atoms. The van der Waals surface area contributed by atoms with Gasteiger partial charge in [0.1, 0.15) is 18.2 Å². The van der Waals surface area contributed by atoms with Gasteiger partial charge in [-0.05, 0) is 73.5 Å². The summed E-state index contributed by atoms with van der Waals surface area (Å²) in [5.74, 6) is -0.298. The van der Waals surface area contributed by atoms with Crippen LogP contribution in [0.5, 0.6) is 0 Å². The second-order valence-electron chi connectivity index (χ2n) is 11.4. The molecule has 1 aromatic heterocycles. The van der Waals surface area contributed by atoms with Gasteiger partial charge in [0.2, 0.25) is 0 Å². The number of hydrogen-bond acceptors (Lipinski definition) is 7. The van der Waals surface area contributed by atoms with E-state index >= 15 is 0 Å². The number of benzene rings is 2. The summed E-state index contributed by atoms with van der Waals surface area (Å²) in [6.07, 6.45) is 5.65. The molecule has 2 aromatic carbocycles. The zero-order chi connectivity index (χ0) is 29.1. The highest BCUT2D eigenvalue weighted by Crippen LogP contribution is 2.30. The van der Waals surface area contributed by atoms with Gasteiger partial charge in [0, 0.05) is 35.2 Å². The van der Waals surface area contributed by atoms with Crippen LogP contribution in [0.15, 0.2) is 77.6 Å². The van der Waals surface area contributed by atoms with Crippen molar-refractivity contribution in [3.05, 3.63) is 106 Å². The van der Waals surface area contributed by atoms with Crippen molar-refractivity contribution in [1.82, 2.24) is 9.88 Å². The number of likely N-dealkylation sites (tertiary alicyclic amines) is 1. The number of pyridine rings is 1. The average Bonchev–Trinajstić information content (AvgIpc) is 3.41. The lowest BCUT2D eigenvalue weighted by atomic mass is 9.85. The maximum absolute atomic E-state index is 14.8. The Morgan fingerprint density at radius 1 is 1.15 bits per heavy atom. The predicted octanol–water partition coefficient (Wildman–Crippen LogP) is 5.05. The van der Waals surface area contributed by atoms with E-state index in [4.69, 9.17) is 0 Å². The number of nitrogens with zero attached hydrogens (tertiary/aromatic N) is 3. The largest absolute Gasteiger partial charge is 0.395 e. The average molecular weight is 555 g/mol. The number of Topliss-reactive ketones (excluding diaryl/α,β-unsaturated/α-hetero) is 2. The summed E-state index contributed by atoms with van der Waals surface area (Å²) >= 11 is 0. The van der Waals surface area contributed by atoms with E-state index in [0.717, 1.165) is 24.1 Å². The second kappa shape index (κ2) is 11.8. The number of rotatable bonds is 9. The fourth-order valence-corrected chi connectivity index (χ4v) is 5.27. The van der Waals surface area contributed by atoms with Gasteiger partial charge in [-0.3, -0.25) is 19.5 Å². The van der Waals surface area contributed by atoms with E-state index in [1.165, 1.54) is 12.5 Å². The third-order valence-corrected chi connectivity index (χ3v) is 8.00. The summed E-state index contributed by atoms with van der Waals surface area (Å²) in [4.78, 5) is 36.9. The van der Waals surface area contributed by atoms with Crippen molar-refractivity contribution < 1.29 is 19.1 Å². The molecule has 3 aromatic rings. The first-order chi connectivity index (χ1) is 19.6. The molecule has 2 aliphatic heterocycles. The molecule has 8 heteroatoms. The zero-order valence-corrected chi connectivity index (χ0v) is 23.7. The van der Waals surface area contributed by atoms with Crippen LogP contribution in [0.3, 0.4) is 0 Å². The van der Waals surface area contributed by atoms with Crippen LogP contribution < -0.4 is 5.32 Å². The van der Waals surface area contributed by atoms with Crippen molar-refractivity contribution >= 4 is 23.1 Å². The Bertz CT molecular complexity index is 1510. The topological polar surface area (TPSA) is 94.9 Å². The van der Waals surface area contributed by atoms with E-state index in [2.05, 4.69) is 27.2 Å². The Morgan fingerprint density at radius 2 is 1.93 bits per heavy atom. The van der Waals surface area contributed by atoms with Gasteiger partial charge in [0.25, 0.3) is 0 Å². The molecule has 2 aliphatic rings. The molecule has 41 heavy (non-hydrogen) atoms. The number of allylic oxidation sites excluding steroid dienone is 1. The Hall–Kier alpha value is -4.01. The van der Waals surface area contributed by atoms with E-state index in [-0.39, 0.29) is 36.7 Å². The number of aliphatic imine (C=N–C) groups is 1. The van der Waals surface area contributed by atoms with Crippen molar-refractivity contribution in [3.8, 4) is 0 Å². The fraction of sp³-hybridized carbons (Fsp3) is 0.333. The Kier molecular flexibility index (Phi) is 8.24. The van der Waals surface area contributed by atoms with Gasteiger partial charge < -0.3 is 10.4 Å². The molecule has 0 radical (unpaired) electrons. The molecule has 212 valence electrons. The molecule has 0 bridgehead atoms. The Balaban J connectivity index is 1.30. The maximum Gasteiger partial charge on any atom is 0.200 e. The summed E-state index contributed by atoms with van der Waals surface area (Å²) in [6.45, 7) is 4.86. The smallest absolute Gasteiger partial charge is 0.200 e. The maximum atomic E-state index is 14.8. The van der Waals surface area contributed by atoms with E-state index in [1.54, 1.807) is 30.3 Å². The molecule has 0 saturated carbocycles. The molecule has 3 heterocycles. The minimum Gasteiger partial charge on any atom is -0.395 e. The van der Waals surface area contributed by atoms with Crippen molar-refractivity contribution in [2.24, 2.45) is 4.99 Å². The number of dihydropyridines is 1. The number of anilines is 1. The molecule has 2 N–H and O–H groups in total. The lowest BCUT2D eigenvalue weighted by Gasteiger charge is -2.22. The van der Waals surface area contributed by atoms with Gasteiger partial charge in [0.15, 0.2) is 11.6 Å². The highest BCUT2D eigenvalue weighted by molar-refractivity contribution is 6.17. The third kappa shape index (κ3) is 6.34. The first-order valence-corrected chi connectivity index (χ1v) is 13.9. The van der Waals surface area contributed by atoms with E-state index in [0.29, 0.717) is 34.4 Å². The van der Waals surface area contributed by atoms with Crippen molar-refractivity contribution in [2.75, 3.05) is 32.1 Å². The van der Waals surface area contributed by atoms with Gasteiger partial charge >= 0.3 is 0 Å². The number of carbonyl (C=O) groups is 2. The molecule has 5 rings (SSSR count). The van der Waals surface area contributed by atoms with Crippen LogP contribution in [-0.2, 0) is 16.6 Å². The van der Waals surface area contributed by atoms with Crippen molar-refractivity contribution in [2.45, 2.75) is 44.6 Å².